The number of carboxylic acid groups (broad SMARTS) is 1. The van der Waals surface area contributed by atoms with E-state index in [-0.39, 0.29) is 12.2 Å². The molecule has 0 unspecified atom stereocenters. The maximum Gasteiger partial charge on any atom is 0.320 e. The molecule has 1 rings (SSSR count). The Labute approximate surface area is 98.1 Å². The Bertz CT molecular complexity index is 376. The largest absolute Gasteiger partial charge is 0.508 e. The molecule has 0 saturated heterocycles. The molecule has 1 atom stereocenters. The summed E-state index contributed by atoms with van der Waals surface area (Å²) in [4.78, 5) is 24.7. The first kappa shape index (κ1) is 15.6. The third-order valence-corrected chi connectivity index (χ3v) is 1.71. The van der Waals surface area contributed by atoms with Crippen molar-refractivity contribution in [3.63, 3.8) is 0 Å². The van der Waals surface area contributed by atoms with Gasteiger partial charge in [-0.25, -0.2) is 0 Å². The van der Waals surface area contributed by atoms with Crippen molar-refractivity contribution in [1.82, 2.24) is 0 Å². The van der Waals surface area contributed by atoms with Crippen LogP contribution in [0.25, 0.3) is 0 Å². The fourth-order valence-corrected chi connectivity index (χ4v) is 0.973. The molecule has 0 heterocycles. The van der Waals surface area contributed by atoms with Gasteiger partial charge in [0.1, 0.15) is 11.8 Å². The molecular weight excluding hydrogens is 249 g/mol. The van der Waals surface area contributed by atoms with Gasteiger partial charge in [-0.1, -0.05) is 12.1 Å². The number of benzene rings is 1. The lowest BCUT2D eigenvalue weighted by Crippen LogP contribution is -2.32. The van der Waals surface area contributed by atoms with Crippen LogP contribution in [0.3, 0.4) is 0 Å². The van der Waals surface area contributed by atoms with E-state index < -0.39 is 20.3 Å². The molecule has 96 valence electrons. The molecule has 0 saturated carbocycles. The van der Waals surface area contributed by atoms with Gasteiger partial charge in [0.2, 0.25) is 0 Å². The predicted molar refractivity (Wildman–Crippen MR) is 60.9 cm³/mol. The minimum Gasteiger partial charge on any atom is -0.508 e. The number of nitrogens with two attached hydrogens (primary N) is 1. The van der Waals surface area contributed by atoms with Crippen molar-refractivity contribution in [2.45, 2.75) is 12.5 Å². The minimum atomic E-state index is -3.13. The van der Waals surface area contributed by atoms with Crippen LogP contribution in [0.15, 0.2) is 24.3 Å². The lowest BCUT2D eigenvalue weighted by Gasteiger charge is -2.05. The standard InChI is InChI=1S/C9H11NO3.H3O3P/c10-8(9(12)13)5-6-1-3-7(11)4-2-6;1-4(2)3/h1-4,8,11H,5,10H2,(H,12,13);4H,(H2,1,2,3)/t8-;/m0./s1. The smallest absolute Gasteiger partial charge is 0.320 e. The number of hydrogen-bond donors (Lipinski definition) is 5. The van der Waals surface area contributed by atoms with Crippen molar-refractivity contribution in [3.8, 4) is 5.75 Å². The molecule has 0 fully saturated rings. The van der Waals surface area contributed by atoms with E-state index in [2.05, 4.69) is 0 Å². The van der Waals surface area contributed by atoms with E-state index in [0.717, 1.165) is 5.56 Å². The summed E-state index contributed by atoms with van der Waals surface area (Å²) in [7, 11) is -3.13. The number of phenolic OH excluding ortho intramolecular Hbond substituents is 1. The number of carboxylic acids is 1. The summed E-state index contributed by atoms with van der Waals surface area (Å²) < 4.78 is 8.74. The monoisotopic (exact) mass is 263 g/mol. The Morgan fingerprint density at radius 1 is 1.29 bits per heavy atom. The van der Waals surface area contributed by atoms with Crippen molar-refractivity contribution in [2.24, 2.45) is 5.73 Å². The van der Waals surface area contributed by atoms with E-state index in [4.69, 9.17) is 30.3 Å². The Balaban J connectivity index is 0.000000557. The fraction of sp³-hybridized carbons (Fsp3) is 0.222. The SMILES string of the molecule is N[C@@H](Cc1ccc(O)cc1)C(=O)O.O=[PH](O)O. The van der Waals surface area contributed by atoms with Gasteiger partial charge in [-0.3, -0.25) is 9.36 Å². The lowest BCUT2D eigenvalue weighted by atomic mass is 10.1. The van der Waals surface area contributed by atoms with E-state index in [0.29, 0.717) is 0 Å². The highest BCUT2D eigenvalue weighted by molar-refractivity contribution is 7.30. The quantitative estimate of drug-likeness (QED) is 0.471. The molecule has 1 aromatic carbocycles. The number of hydrogen-bond acceptors (Lipinski definition) is 4. The van der Waals surface area contributed by atoms with Crippen molar-refractivity contribution in [3.05, 3.63) is 29.8 Å². The molecule has 17 heavy (non-hydrogen) atoms. The third kappa shape index (κ3) is 8.41. The van der Waals surface area contributed by atoms with Crippen LogP contribution < -0.4 is 5.73 Å². The van der Waals surface area contributed by atoms with Gasteiger partial charge in [0, 0.05) is 0 Å². The second-order valence-corrected chi connectivity index (χ2v) is 3.66. The molecule has 8 heteroatoms. The van der Waals surface area contributed by atoms with Crippen LogP contribution in [-0.4, -0.2) is 32.0 Å². The van der Waals surface area contributed by atoms with Gasteiger partial charge in [-0.15, -0.1) is 0 Å². The summed E-state index contributed by atoms with van der Waals surface area (Å²) in [6, 6.07) is 5.42. The first-order valence-corrected chi connectivity index (χ1v) is 5.81. The number of aromatic hydroxyl groups is 1. The summed E-state index contributed by atoms with van der Waals surface area (Å²) in [5, 5.41) is 17.5. The normalized spacial score (nSPS) is 11.5. The van der Waals surface area contributed by atoms with Crippen LogP contribution in [0, 0.1) is 0 Å². The minimum absolute atomic E-state index is 0.160. The summed E-state index contributed by atoms with van der Waals surface area (Å²) in [6.07, 6.45) is 0.273. The predicted octanol–water partition coefficient (Wildman–Crippen LogP) is -0.293. The Morgan fingerprint density at radius 3 is 2.06 bits per heavy atom. The average Bonchev–Trinajstić information content (AvgIpc) is 2.20. The third-order valence-electron chi connectivity index (χ3n) is 1.71. The van der Waals surface area contributed by atoms with Gasteiger partial charge in [-0.05, 0) is 24.1 Å². The number of aliphatic carboxylic acids is 1. The topological polar surface area (TPSA) is 141 Å². The number of phenols is 1. The van der Waals surface area contributed by atoms with Crippen LogP contribution in [0.1, 0.15) is 5.56 Å². The maximum atomic E-state index is 10.4. The molecule has 0 amide bonds. The molecule has 0 aromatic heterocycles. The van der Waals surface area contributed by atoms with Crippen LogP contribution in [0.2, 0.25) is 0 Å². The van der Waals surface area contributed by atoms with E-state index in [1.165, 1.54) is 12.1 Å². The van der Waals surface area contributed by atoms with Crippen LogP contribution in [0.5, 0.6) is 5.75 Å². The summed E-state index contributed by atoms with van der Waals surface area (Å²) >= 11 is 0. The van der Waals surface area contributed by atoms with Crippen molar-refractivity contribution < 1.29 is 29.4 Å². The van der Waals surface area contributed by atoms with Gasteiger partial charge < -0.3 is 25.7 Å². The molecule has 0 aliphatic carbocycles. The number of carbonyl (C=O) groups is 1. The van der Waals surface area contributed by atoms with Crippen molar-refractivity contribution >= 4 is 14.2 Å². The molecule has 0 radical (unpaired) electrons. The molecule has 0 bridgehead atoms. The molecule has 7 nitrogen and oxygen atoms in total. The van der Waals surface area contributed by atoms with Crippen LogP contribution >= 0.6 is 8.25 Å². The molecular formula is C9H14NO6P. The Morgan fingerprint density at radius 2 is 1.71 bits per heavy atom. The summed E-state index contributed by atoms with van der Waals surface area (Å²) in [6.45, 7) is 0. The first-order chi connectivity index (χ1) is 7.82. The average molecular weight is 263 g/mol. The summed E-state index contributed by atoms with van der Waals surface area (Å²) in [5.74, 6) is -0.860. The van der Waals surface area contributed by atoms with Gasteiger partial charge >= 0.3 is 14.2 Å². The highest BCUT2D eigenvalue weighted by Crippen LogP contribution is 2.10. The molecule has 1 aromatic rings. The van der Waals surface area contributed by atoms with Crippen LogP contribution in [0.4, 0.5) is 0 Å². The summed E-state index contributed by atoms with van der Waals surface area (Å²) in [5.41, 5.74) is 6.12. The van der Waals surface area contributed by atoms with Crippen LogP contribution in [-0.2, 0) is 15.8 Å². The second-order valence-electron chi connectivity index (χ2n) is 3.10. The van der Waals surface area contributed by atoms with Gasteiger partial charge in [0.25, 0.3) is 0 Å². The first-order valence-electron chi connectivity index (χ1n) is 4.51. The molecule has 0 aliphatic rings. The fourth-order valence-electron chi connectivity index (χ4n) is 0.973. The van der Waals surface area contributed by atoms with E-state index >= 15 is 0 Å². The molecule has 0 aliphatic heterocycles. The highest BCUT2D eigenvalue weighted by atomic mass is 31.1. The zero-order valence-electron chi connectivity index (χ0n) is 8.78. The van der Waals surface area contributed by atoms with Crippen molar-refractivity contribution in [2.75, 3.05) is 0 Å². The second kappa shape index (κ2) is 7.81. The lowest BCUT2D eigenvalue weighted by molar-refractivity contribution is -0.138. The van der Waals surface area contributed by atoms with Gasteiger partial charge in [-0.2, -0.15) is 0 Å². The van der Waals surface area contributed by atoms with Gasteiger partial charge in [0.05, 0.1) is 0 Å². The maximum absolute atomic E-state index is 10.4. The van der Waals surface area contributed by atoms with Gasteiger partial charge in [0.15, 0.2) is 0 Å². The molecule has 6 N–H and O–H groups in total. The highest BCUT2D eigenvalue weighted by Gasteiger charge is 2.11. The zero-order valence-corrected chi connectivity index (χ0v) is 9.78. The Kier molecular flexibility index (Phi) is 7.16. The van der Waals surface area contributed by atoms with E-state index in [9.17, 15) is 4.79 Å². The number of rotatable bonds is 3. The molecule has 0 spiro atoms. The van der Waals surface area contributed by atoms with E-state index in [1.54, 1.807) is 12.1 Å². The zero-order chi connectivity index (χ0) is 13.4. The van der Waals surface area contributed by atoms with Crippen molar-refractivity contribution in [1.29, 1.82) is 0 Å². The van der Waals surface area contributed by atoms with E-state index in [1.807, 2.05) is 0 Å². The Hall–Kier alpha value is -1.40.